The average molecular weight is 538 g/mol. The zero-order chi connectivity index (χ0) is 26.2. The molecular formula is C26H30Cl2FN3O4. The minimum Gasteiger partial charge on any atom is -0.410 e. The molecule has 0 unspecified atom stereocenters. The lowest BCUT2D eigenvalue weighted by Crippen LogP contribution is -2.42. The van der Waals surface area contributed by atoms with Crippen LogP contribution < -0.4 is 4.74 Å². The van der Waals surface area contributed by atoms with E-state index < -0.39 is 11.9 Å². The van der Waals surface area contributed by atoms with Crippen LogP contribution in [0.4, 0.5) is 9.18 Å². The van der Waals surface area contributed by atoms with Gasteiger partial charge in [-0.2, -0.15) is 0 Å². The van der Waals surface area contributed by atoms with Gasteiger partial charge in [-0.15, -0.1) is 0 Å². The molecule has 0 bridgehead atoms. The van der Waals surface area contributed by atoms with Crippen LogP contribution in [0.5, 0.6) is 5.75 Å². The quantitative estimate of drug-likeness (QED) is 0.417. The minimum absolute atomic E-state index is 0.0476. The van der Waals surface area contributed by atoms with Crippen molar-refractivity contribution in [2.24, 2.45) is 0 Å². The highest BCUT2D eigenvalue weighted by Crippen LogP contribution is 2.27. The second-order valence-corrected chi connectivity index (χ2v) is 9.71. The second-order valence-electron chi connectivity index (χ2n) is 8.89. The highest BCUT2D eigenvalue weighted by molar-refractivity contribution is 6.42. The maximum Gasteiger partial charge on any atom is 0.415 e. The predicted molar refractivity (Wildman–Crippen MR) is 137 cm³/mol. The number of hydrogen-bond acceptors (Lipinski definition) is 4. The van der Waals surface area contributed by atoms with E-state index in [9.17, 15) is 18.8 Å². The second kappa shape index (κ2) is 12.9. The SMILES string of the molecule is C[C@H](CN(CCN(C)C(=O)Oc1ccc(F)cc1)C(=O)CCN1CCCC1=O)c1ccc(Cl)c(Cl)c1. The topological polar surface area (TPSA) is 70.2 Å². The molecule has 0 aliphatic carbocycles. The van der Waals surface area contributed by atoms with Crippen LogP contribution in [-0.4, -0.2) is 72.4 Å². The number of carbonyl (C=O) groups excluding carboxylic acids is 3. The van der Waals surface area contributed by atoms with Crippen LogP contribution >= 0.6 is 23.2 Å². The highest BCUT2D eigenvalue weighted by atomic mass is 35.5. The molecule has 7 nitrogen and oxygen atoms in total. The smallest absolute Gasteiger partial charge is 0.410 e. The minimum atomic E-state index is -0.616. The van der Waals surface area contributed by atoms with Crippen molar-refractivity contribution in [3.63, 3.8) is 0 Å². The Bertz CT molecular complexity index is 1080. The first-order valence-electron chi connectivity index (χ1n) is 11.8. The molecule has 3 amide bonds. The van der Waals surface area contributed by atoms with Crippen molar-refractivity contribution < 1.29 is 23.5 Å². The lowest BCUT2D eigenvalue weighted by atomic mass is 10.0. The van der Waals surface area contributed by atoms with Crippen molar-refractivity contribution in [2.75, 3.05) is 39.8 Å². The van der Waals surface area contributed by atoms with Gasteiger partial charge < -0.3 is 19.4 Å². The van der Waals surface area contributed by atoms with E-state index in [0.29, 0.717) is 36.1 Å². The van der Waals surface area contributed by atoms with Crippen LogP contribution in [-0.2, 0) is 9.59 Å². The van der Waals surface area contributed by atoms with Gasteiger partial charge >= 0.3 is 6.09 Å². The molecule has 2 aromatic rings. The van der Waals surface area contributed by atoms with Gasteiger partial charge in [-0.05, 0) is 54.3 Å². The lowest BCUT2D eigenvalue weighted by molar-refractivity contribution is -0.133. The number of amides is 3. The molecule has 1 atom stereocenters. The Morgan fingerprint density at radius 1 is 1.11 bits per heavy atom. The van der Waals surface area contributed by atoms with Crippen LogP contribution in [0.2, 0.25) is 10.0 Å². The number of benzene rings is 2. The summed E-state index contributed by atoms with van der Waals surface area (Å²) in [5.74, 6) is -0.286. The number of likely N-dealkylation sites (N-methyl/N-ethyl adjacent to an activating group) is 1. The monoisotopic (exact) mass is 537 g/mol. The molecule has 1 heterocycles. The van der Waals surface area contributed by atoms with Crippen LogP contribution in [0, 0.1) is 5.82 Å². The Morgan fingerprint density at radius 3 is 2.47 bits per heavy atom. The fourth-order valence-electron chi connectivity index (χ4n) is 3.95. The van der Waals surface area contributed by atoms with Crippen molar-refractivity contribution >= 4 is 41.1 Å². The number of hydrogen-bond donors (Lipinski definition) is 0. The van der Waals surface area contributed by atoms with Gasteiger partial charge in [0.15, 0.2) is 0 Å². The highest BCUT2D eigenvalue weighted by Gasteiger charge is 2.24. The Hall–Kier alpha value is -2.84. The Kier molecular flexibility index (Phi) is 9.96. The van der Waals surface area contributed by atoms with Crippen LogP contribution in [0.3, 0.4) is 0 Å². The summed E-state index contributed by atoms with van der Waals surface area (Å²) in [4.78, 5) is 42.3. The largest absolute Gasteiger partial charge is 0.415 e. The van der Waals surface area contributed by atoms with Crippen LogP contribution in [0.15, 0.2) is 42.5 Å². The van der Waals surface area contributed by atoms with E-state index in [1.54, 1.807) is 29.0 Å². The molecule has 194 valence electrons. The molecule has 1 saturated heterocycles. The third kappa shape index (κ3) is 7.83. The molecular weight excluding hydrogens is 508 g/mol. The van der Waals surface area contributed by atoms with Crippen molar-refractivity contribution in [1.29, 1.82) is 0 Å². The molecule has 2 aromatic carbocycles. The molecule has 0 aromatic heterocycles. The molecule has 0 spiro atoms. The molecule has 1 aliphatic heterocycles. The standard InChI is InChI=1S/C26H30Cl2FN3O4/c1-18(19-5-10-22(27)23(28)16-19)17-32(25(34)11-13-31-12-3-4-24(31)33)15-14-30(2)26(35)36-21-8-6-20(29)7-9-21/h5-10,16,18H,3-4,11-15,17H2,1-2H3/t18-/m1/s1. The summed E-state index contributed by atoms with van der Waals surface area (Å²) in [6, 6.07) is 10.5. The van der Waals surface area contributed by atoms with Gasteiger partial charge in [0.05, 0.1) is 10.0 Å². The first-order chi connectivity index (χ1) is 17.1. The summed E-state index contributed by atoms with van der Waals surface area (Å²) in [6.07, 6.45) is 0.914. The fraction of sp³-hybridized carbons (Fsp3) is 0.423. The van der Waals surface area contributed by atoms with Gasteiger partial charge in [0, 0.05) is 52.6 Å². The Morgan fingerprint density at radius 2 is 1.83 bits per heavy atom. The number of ether oxygens (including phenoxy) is 1. The first kappa shape index (κ1) is 27.7. The summed E-state index contributed by atoms with van der Waals surface area (Å²) >= 11 is 12.2. The summed E-state index contributed by atoms with van der Waals surface area (Å²) in [7, 11) is 1.57. The van der Waals surface area contributed by atoms with Gasteiger partial charge in [0.2, 0.25) is 11.8 Å². The average Bonchev–Trinajstić information content (AvgIpc) is 3.27. The maximum atomic E-state index is 13.2. The van der Waals surface area contributed by atoms with Gasteiger partial charge in [0.25, 0.3) is 0 Å². The number of rotatable bonds is 10. The van der Waals surface area contributed by atoms with Gasteiger partial charge in [-0.1, -0.05) is 36.2 Å². The van der Waals surface area contributed by atoms with E-state index in [1.165, 1.54) is 29.2 Å². The molecule has 0 saturated carbocycles. The van der Waals surface area contributed by atoms with E-state index in [-0.39, 0.29) is 43.0 Å². The molecule has 0 N–H and O–H groups in total. The normalized spacial score (nSPS) is 14.0. The molecule has 0 radical (unpaired) electrons. The maximum absolute atomic E-state index is 13.2. The van der Waals surface area contributed by atoms with E-state index >= 15 is 0 Å². The van der Waals surface area contributed by atoms with Gasteiger partial charge in [-0.3, -0.25) is 9.59 Å². The fourth-order valence-corrected chi connectivity index (χ4v) is 4.25. The number of carbonyl (C=O) groups is 3. The molecule has 36 heavy (non-hydrogen) atoms. The number of halogens is 3. The van der Waals surface area contributed by atoms with E-state index in [2.05, 4.69) is 0 Å². The van der Waals surface area contributed by atoms with Gasteiger partial charge in [0.1, 0.15) is 11.6 Å². The predicted octanol–water partition coefficient (Wildman–Crippen LogP) is 5.21. The van der Waals surface area contributed by atoms with Gasteiger partial charge in [-0.25, -0.2) is 9.18 Å². The molecule has 1 aliphatic rings. The van der Waals surface area contributed by atoms with E-state index in [0.717, 1.165) is 12.0 Å². The van der Waals surface area contributed by atoms with Crippen molar-refractivity contribution in [3.05, 3.63) is 63.9 Å². The third-order valence-electron chi connectivity index (χ3n) is 6.16. The van der Waals surface area contributed by atoms with E-state index in [1.807, 2.05) is 13.0 Å². The van der Waals surface area contributed by atoms with Crippen molar-refractivity contribution in [1.82, 2.24) is 14.7 Å². The Labute approximate surface area is 220 Å². The summed E-state index contributed by atoms with van der Waals surface area (Å²) in [5, 5.41) is 0.895. The first-order valence-corrected chi connectivity index (χ1v) is 12.6. The number of nitrogens with zero attached hydrogens (tertiary/aromatic N) is 3. The lowest BCUT2D eigenvalue weighted by Gasteiger charge is -2.29. The Balaban J connectivity index is 1.63. The molecule has 1 fully saturated rings. The summed E-state index contributed by atoms with van der Waals surface area (Å²) < 4.78 is 18.4. The van der Waals surface area contributed by atoms with Crippen LogP contribution in [0.1, 0.15) is 37.7 Å². The number of likely N-dealkylation sites (tertiary alicyclic amines) is 1. The summed E-state index contributed by atoms with van der Waals surface area (Å²) in [5.41, 5.74) is 0.931. The van der Waals surface area contributed by atoms with Crippen molar-refractivity contribution in [2.45, 2.75) is 32.1 Å². The molecule has 10 heteroatoms. The van der Waals surface area contributed by atoms with Crippen LogP contribution in [0.25, 0.3) is 0 Å². The third-order valence-corrected chi connectivity index (χ3v) is 6.90. The molecule has 3 rings (SSSR count). The van der Waals surface area contributed by atoms with E-state index in [4.69, 9.17) is 27.9 Å². The summed E-state index contributed by atoms with van der Waals surface area (Å²) in [6.45, 7) is 3.92. The zero-order valence-electron chi connectivity index (χ0n) is 20.4. The van der Waals surface area contributed by atoms with Crippen molar-refractivity contribution in [3.8, 4) is 5.75 Å². The zero-order valence-corrected chi connectivity index (χ0v) is 21.9.